The summed E-state index contributed by atoms with van der Waals surface area (Å²) >= 11 is 0. The van der Waals surface area contributed by atoms with E-state index in [0.29, 0.717) is 18.7 Å². The van der Waals surface area contributed by atoms with Gasteiger partial charge in [-0.2, -0.15) is 0 Å². The summed E-state index contributed by atoms with van der Waals surface area (Å²) in [6, 6.07) is 3.46. The first-order chi connectivity index (χ1) is 10.4. The van der Waals surface area contributed by atoms with E-state index in [9.17, 15) is 18.4 Å². The molecule has 1 heterocycles. The zero-order valence-corrected chi connectivity index (χ0v) is 12.6. The molecule has 7 heteroatoms. The molecule has 1 atom stereocenters. The van der Waals surface area contributed by atoms with E-state index in [1.54, 1.807) is 11.9 Å². The normalized spacial score (nSPS) is 16.6. The van der Waals surface area contributed by atoms with Gasteiger partial charge < -0.3 is 10.2 Å². The smallest absolute Gasteiger partial charge is 0.239 e. The monoisotopic (exact) mass is 311 g/mol. The maximum atomic E-state index is 13.3. The van der Waals surface area contributed by atoms with Crippen LogP contribution in [0.1, 0.15) is 18.5 Å². The fourth-order valence-corrected chi connectivity index (χ4v) is 2.33. The summed E-state index contributed by atoms with van der Waals surface area (Å²) in [6.45, 7) is 2.91. The van der Waals surface area contributed by atoms with Gasteiger partial charge >= 0.3 is 0 Å². The third-order valence-corrected chi connectivity index (χ3v) is 3.86. The largest absolute Gasteiger partial charge is 0.353 e. The fourth-order valence-electron chi connectivity index (χ4n) is 2.33. The molecule has 1 fully saturated rings. The topological polar surface area (TPSA) is 52.7 Å². The lowest BCUT2D eigenvalue weighted by molar-refractivity contribution is -0.139. The Morgan fingerprint density at radius 2 is 2.14 bits per heavy atom. The number of hydrogen-bond donors (Lipinski definition) is 1. The van der Waals surface area contributed by atoms with E-state index >= 15 is 0 Å². The van der Waals surface area contributed by atoms with E-state index in [2.05, 4.69) is 5.32 Å². The van der Waals surface area contributed by atoms with Gasteiger partial charge in [0.1, 0.15) is 0 Å². The first kappa shape index (κ1) is 16.4. The number of piperazine rings is 1. The minimum atomic E-state index is -0.906. The predicted octanol–water partition coefficient (Wildman–Crippen LogP) is 0.916. The van der Waals surface area contributed by atoms with Crippen LogP contribution in [0.4, 0.5) is 8.78 Å². The molecule has 5 nitrogen and oxygen atoms in total. The van der Waals surface area contributed by atoms with Crippen molar-refractivity contribution in [3.8, 4) is 0 Å². The molecule has 1 unspecified atom stereocenters. The molecule has 2 amide bonds. The molecule has 1 aliphatic heterocycles. The van der Waals surface area contributed by atoms with Crippen molar-refractivity contribution in [2.24, 2.45) is 0 Å². The molecule has 1 aromatic rings. The number of nitrogens with one attached hydrogen (secondary N) is 1. The molecule has 0 aromatic heterocycles. The summed E-state index contributed by atoms with van der Waals surface area (Å²) in [7, 11) is 1.73. The second kappa shape index (κ2) is 6.83. The predicted molar refractivity (Wildman–Crippen MR) is 77.0 cm³/mol. The highest BCUT2D eigenvalue weighted by Gasteiger charge is 2.23. The third kappa shape index (κ3) is 3.79. The number of amides is 2. The van der Waals surface area contributed by atoms with Gasteiger partial charge in [0.05, 0.1) is 13.1 Å². The molecule has 0 spiro atoms. The Hall–Kier alpha value is -2.02. The van der Waals surface area contributed by atoms with Crippen molar-refractivity contribution in [1.29, 1.82) is 0 Å². The SMILES string of the molecule is CC(c1ccc(F)c(F)c1)N(C)CC(=O)N1CCNC(=O)C1. The summed E-state index contributed by atoms with van der Waals surface area (Å²) in [5.41, 5.74) is 0.589. The van der Waals surface area contributed by atoms with Gasteiger partial charge in [-0.1, -0.05) is 6.07 Å². The molecule has 1 aliphatic rings. The standard InChI is InChI=1S/C15H19F2N3O2/c1-10(11-3-4-12(16)13(17)7-11)19(2)9-15(22)20-6-5-18-14(21)8-20/h3-4,7,10H,5-6,8-9H2,1-2H3,(H,18,21). The first-order valence-corrected chi connectivity index (χ1v) is 7.08. The molecule has 0 aliphatic carbocycles. The van der Waals surface area contributed by atoms with Crippen LogP contribution in [0.2, 0.25) is 0 Å². The van der Waals surface area contributed by atoms with Crippen LogP contribution in [-0.2, 0) is 9.59 Å². The number of carbonyl (C=O) groups excluding carboxylic acids is 2. The van der Waals surface area contributed by atoms with Gasteiger partial charge in [0.25, 0.3) is 0 Å². The third-order valence-electron chi connectivity index (χ3n) is 3.86. The highest BCUT2D eigenvalue weighted by molar-refractivity contribution is 5.86. The Morgan fingerprint density at radius 1 is 1.41 bits per heavy atom. The Kier molecular flexibility index (Phi) is 5.07. The first-order valence-electron chi connectivity index (χ1n) is 7.08. The molecular weight excluding hydrogens is 292 g/mol. The van der Waals surface area contributed by atoms with Gasteiger partial charge in [-0.05, 0) is 31.7 Å². The van der Waals surface area contributed by atoms with Crippen molar-refractivity contribution in [1.82, 2.24) is 15.1 Å². The molecule has 0 bridgehead atoms. The van der Waals surface area contributed by atoms with Crippen molar-refractivity contribution in [3.63, 3.8) is 0 Å². The van der Waals surface area contributed by atoms with Gasteiger partial charge in [-0.15, -0.1) is 0 Å². The molecule has 2 rings (SSSR count). The quantitative estimate of drug-likeness (QED) is 0.899. The maximum Gasteiger partial charge on any atom is 0.239 e. The molecule has 0 saturated carbocycles. The number of halogens is 2. The van der Waals surface area contributed by atoms with E-state index < -0.39 is 11.6 Å². The summed E-state index contributed by atoms with van der Waals surface area (Å²) in [5, 5.41) is 2.66. The van der Waals surface area contributed by atoms with Gasteiger partial charge in [0.2, 0.25) is 11.8 Å². The average molecular weight is 311 g/mol. The van der Waals surface area contributed by atoms with Crippen LogP contribution in [0, 0.1) is 11.6 Å². The maximum absolute atomic E-state index is 13.3. The van der Waals surface area contributed by atoms with Crippen molar-refractivity contribution in [2.75, 3.05) is 33.2 Å². The number of likely N-dealkylation sites (N-methyl/N-ethyl adjacent to an activating group) is 1. The van der Waals surface area contributed by atoms with Crippen molar-refractivity contribution in [3.05, 3.63) is 35.4 Å². The highest BCUT2D eigenvalue weighted by Crippen LogP contribution is 2.20. The molecule has 120 valence electrons. The molecule has 1 N–H and O–H groups in total. The molecule has 1 aromatic carbocycles. The second-order valence-electron chi connectivity index (χ2n) is 5.43. The minimum absolute atomic E-state index is 0.0617. The van der Waals surface area contributed by atoms with E-state index in [-0.39, 0.29) is 30.9 Å². The number of hydrogen-bond acceptors (Lipinski definition) is 3. The van der Waals surface area contributed by atoms with Crippen LogP contribution < -0.4 is 5.32 Å². The Labute approximate surface area is 127 Å². The van der Waals surface area contributed by atoms with Crippen molar-refractivity contribution >= 4 is 11.8 Å². The second-order valence-corrected chi connectivity index (χ2v) is 5.43. The number of carbonyl (C=O) groups is 2. The Morgan fingerprint density at radius 3 is 2.77 bits per heavy atom. The van der Waals surface area contributed by atoms with E-state index in [1.165, 1.54) is 11.0 Å². The van der Waals surface area contributed by atoms with Crippen LogP contribution in [0.3, 0.4) is 0 Å². The van der Waals surface area contributed by atoms with Crippen LogP contribution in [0.25, 0.3) is 0 Å². The molecule has 22 heavy (non-hydrogen) atoms. The lowest BCUT2D eigenvalue weighted by Gasteiger charge is -2.30. The van der Waals surface area contributed by atoms with Crippen LogP contribution in [0.5, 0.6) is 0 Å². The molecular formula is C15H19F2N3O2. The summed E-state index contributed by atoms with van der Waals surface area (Å²) in [4.78, 5) is 26.7. The van der Waals surface area contributed by atoms with Crippen molar-refractivity contribution < 1.29 is 18.4 Å². The van der Waals surface area contributed by atoms with Gasteiger partial charge in [-0.25, -0.2) is 8.78 Å². The van der Waals surface area contributed by atoms with E-state index in [4.69, 9.17) is 0 Å². The van der Waals surface area contributed by atoms with Gasteiger partial charge in [0.15, 0.2) is 11.6 Å². The summed E-state index contributed by atoms with van der Waals surface area (Å²) in [6.07, 6.45) is 0. The minimum Gasteiger partial charge on any atom is -0.353 e. The lowest BCUT2D eigenvalue weighted by atomic mass is 10.1. The molecule has 1 saturated heterocycles. The average Bonchev–Trinajstić information content (AvgIpc) is 2.49. The summed E-state index contributed by atoms with van der Waals surface area (Å²) < 4.78 is 26.3. The van der Waals surface area contributed by atoms with Gasteiger partial charge in [-0.3, -0.25) is 14.5 Å². The van der Waals surface area contributed by atoms with Crippen molar-refractivity contribution in [2.45, 2.75) is 13.0 Å². The van der Waals surface area contributed by atoms with Crippen LogP contribution >= 0.6 is 0 Å². The number of rotatable bonds is 4. The fraction of sp³-hybridized carbons (Fsp3) is 0.467. The van der Waals surface area contributed by atoms with Crippen LogP contribution in [0.15, 0.2) is 18.2 Å². The Bertz CT molecular complexity index is 580. The highest BCUT2D eigenvalue weighted by atomic mass is 19.2. The van der Waals surface area contributed by atoms with E-state index in [0.717, 1.165) is 12.1 Å². The summed E-state index contributed by atoms with van der Waals surface area (Å²) in [5.74, 6) is -2.13. The van der Waals surface area contributed by atoms with Crippen LogP contribution in [-0.4, -0.2) is 54.8 Å². The van der Waals surface area contributed by atoms with E-state index in [1.807, 2.05) is 6.92 Å². The molecule has 0 radical (unpaired) electrons. The Balaban J connectivity index is 1.98. The lowest BCUT2D eigenvalue weighted by Crippen LogP contribution is -2.52. The zero-order valence-electron chi connectivity index (χ0n) is 12.6. The number of nitrogens with zero attached hydrogens (tertiary/aromatic N) is 2. The zero-order chi connectivity index (χ0) is 16.3. The van der Waals surface area contributed by atoms with Gasteiger partial charge in [0, 0.05) is 19.1 Å². The number of benzene rings is 1.